The molecule has 2 N–H and O–H groups in total. The zero-order chi connectivity index (χ0) is 13.9. The van der Waals surface area contributed by atoms with Gasteiger partial charge in [-0.15, -0.1) is 24.8 Å². The Bertz CT molecular complexity index is 535. The van der Waals surface area contributed by atoms with Crippen LogP contribution < -0.4 is 15.5 Å². The van der Waals surface area contributed by atoms with Gasteiger partial charge in [-0.25, -0.2) is 0 Å². The molecule has 0 aliphatic carbocycles. The highest BCUT2D eigenvalue weighted by Gasteiger charge is 2.27. The lowest BCUT2D eigenvalue weighted by atomic mass is 10.0. The number of carbonyl (C=O) groups excluding carboxylic acids is 2. The van der Waals surface area contributed by atoms with Gasteiger partial charge in [0, 0.05) is 12.6 Å². The molecule has 2 aliphatic heterocycles. The van der Waals surface area contributed by atoms with Gasteiger partial charge in [-0.1, -0.05) is 0 Å². The summed E-state index contributed by atoms with van der Waals surface area (Å²) in [7, 11) is 0. The Labute approximate surface area is 141 Å². The summed E-state index contributed by atoms with van der Waals surface area (Å²) in [5.74, 6) is 0.426. The highest BCUT2D eigenvalue weighted by Crippen LogP contribution is 2.29. The number of hydrogen-bond donors (Lipinski definition) is 2. The van der Waals surface area contributed by atoms with E-state index >= 15 is 0 Å². The van der Waals surface area contributed by atoms with Crippen LogP contribution in [0.2, 0.25) is 0 Å². The second-order valence-electron chi connectivity index (χ2n) is 5.32. The molecule has 6 nitrogen and oxygen atoms in total. The largest absolute Gasteiger partial charge is 0.321 e. The summed E-state index contributed by atoms with van der Waals surface area (Å²) in [6.45, 7) is 2.13. The fraction of sp³-hybridized carbons (Fsp3) is 0.500. The quantitative estimate of drug-likeness (QED) is 0.871. The fourth-order valence-electron chi connectivity index (χ4n) is 2.78. The van der Waals surface area contributed by atoms with Crippen LogP contribution in [-0.2, 0) is 9.59 Å². The SMILES string of the molecule is Cl.Cl.O=C1CN(C(=O)CCC2CCNC2)c2ccncc2N1. The molecular weight excluding hydrogens is 327 g/mol. The average molecular weight is 347 g/mol. The lowest BCUT2D eigenvalue weighted by Crippen LogP contribution is -2.42. The summed E-state index contributed by atoms with van der Waals surface area (Å²) in [6, 6.07) is 1.77. The van der Waals surface area contributed by atoms with E-state index < -0.39 is 0 Å². The van der Waals surface area contributed by atoms with Crippen molar-refractivity contribution in [3.05, 3.63) is 18.5 Å². The molecule has 22 heavy (non-hydrogen) atoms. The molecule has 1 atom stereocenters. The minimum atomic E-state index is -0.165. The summed E-state index contributed by atoms with van der Waals surface area (Å²) in [5.41, 5.74) is 1.36. The lowest BCUT2D eigenvalue weighted by molar-refractivity contribution is -0.122. The van der Waals surface area contributed by atoms with Crippen molar-refractivity contribution in [3.63, 3.8) is 0 Å². The number of nitrogens with one attached hydrogen (secondary N) is 2. The maximum Gasteiger partial charge on any atom is 0.244 e. The Hall–Kier alpha value is -1.37. The number of rotatable bonds is 3. The number of anilines is 2. The first kappa shape index (κ1) is 18.7. The Kier molecular flexibility index (Phi) is 7.06. The molecule has 1 unspecified atom stereocenters. The number of carbonyl (C=O) groups is 2. The number of hydrogen-bond acceptors (Lipinski definition) is 4. The van der Waals surface area contributed by atoms with Crippen LogP contribution in [0.15, 0.2) is 18.5 Å². The topological polar surface area (TPSA) is 74.3 Å². The van der Waals surface area contributed by atoms with Crippen LogP contribution in [-0.4, -0.2) is 36.4 Å². The summed E-state index contributed by atoms with van der Waals surface area (Å²) in [5, 5.41) is 6.04. The third-order valence-corrected chi connectivity index (χ3v) is 3.89. The van der Waals surface area contributed by atoms with Gasteiger partial charge in [-0.2, -0.15) is 0 Å². The van der Waals surface area contributed by atoms with Gasteiger partial charge in [-0.05, 0) is 37.9 Å². The number of amides is 2. The minimum Gasteiger partial charge on any atom is -0.321 e. The van der Waals surface area contributed by atoms with Crippen molar-refractivity contribution in [1.29, 1.82) is 0 Å². The first-order valence-corrected chi connectivity index (χ1v) is 6.99. The van der Waals surface area contributed by atoms with E-state index in [-0.39, 0.29) is 43.2 Å². The molecule has 2 aliphatic rings. The molecule has 8 heteroatoms. The second-order valence-corrected chi connectivity index (χ2v) is 5.32. The maximum atomic E-state index is 12.4. The first-order valence-electron chi connectivity index (χ1n) is 6.99. The molecule has 3 heterocycles. The monoisotopic (exact) mass is 346 g/mol. The van der Waals surface area contributed by atoms with E-state index in [1.54, 1.807) is 23.4 Å². The number of nitrogens with zero attached hydrogens (tertiary/aromatic N) is 2. The van der Waals surface area contributed by atoms with E-state index in [2.05, 4.69) is 15.6 Å². The normalized spacial score (nSPS) is 19.5. The highest BCUT2D eigenvalue weighted by atomic mass is 35.5. The highest BCUT2D eigenvalue weighted by molar-refractivity contribution is 6.09. The molecule has 1 fully saturated rings. The maximum absolute atomic E-state index is 12.4. The predicted molar refractivity (Wildman–Crippen MR) is 89.9 cm³/mol. The average Bonchev–Trinajstić information content (AvgIpc) is 2.97. The Morgan fingerprint density at radius 3 is 2.95 bits per heavy atom. The Morgan fingerprint density at radius 1 is 1.41 bits per heavy atom. The molecule has 0 aromatic carbocycles. The van der Waals surface area contributed by atoms with Crippen LogP contribution in [0, 0.1) is 5.92 Å². The Morgan fingerprint density at radius 2 is 2.23 bits per heavy atom. The van der Waals surface area contributed by atoms with Gasteiger partial charge in [0.15, 0.2) is 0 Å². The molecule has 0 radical (unpaired) electrons. The molecule has 122 valence electrons. The molecule has 3 rings (SSSR count). The van der Waals surface area contributed by atoms with E-state index in [0.717, 1.165) is 31.6 Å². The van der Waals surface area contributed by atoms with Crippen molar-refractivity contribution in [1.82, 2.24) is 10.3 Å². The van der Waals surface area contributed by atoms with Gasteiger partial charge < -0.3 is 15.5 Å². The van der Waals surface area contributed by atoms with Crippen LogP contribution in [0.1, 0.15) is 19.3 Å². The van der Waals surface area contributed by atoms with Crippen LogP contribution >= 0.6 is 24.8 Å². The third-order valence-electron chi connectivity index (χ3n) is 3.89. The van der Waals surface area contributed by atoms with Crippen molar-refractivity contribution in [2.75, 3.05) is 29.9 Å². The minimum absolute atomic E-state index is 0. The summed E-state index contributed by atoms with van der Waals surface area (Å²) < 4.78 is 0. The second kappa shape index (κ2) is 8.31. The number of halogens is 2. The van der Waals surface area contributed by atoms with E-state index in [0.29, 0.717) is 18.0 Å². The lowest BCUT2D eigenvalue weighted by Gasteiger charge is -2.29. The van der Waals surface area contributed by atoms with Crippen molar-refractivity contribution >= 4 is 48.0 Å². The van der Waals surface area contributed by atoms with Crippen molar-refractivity contribution in [2.24, 2.45) is 5.92 Å². The van der Waals surface area contributed by atoms with Crippen LogP contribution in [0.3, 0.4) is 0 Å². The van der Waals surface area contributed by atoms with Crippen LogP contribution in [0.4, 0.5) is 11.4 Å². The van der Waals surface area contributed by atoms with Crippen molar-refractivity contribution in [2.45, 2.75) is 19.3 Å². The predicted octanol–water partition coefficient (Wildman–Crippen LogP) is 1.60. The molecular formula is C14H20Cl2N4O2. The third kappa shape index (κ3) is 4.09. The van der Waals surface area contributed by atoms with Gasteiger partial charge in [-0.3, -0.25) is 14.6 Å². The van der Waals surface area contributed by atoms with E-state index in [1.165, 1.54) is 0 Å². The van der Waals surface area contributed by atoms with E-state index in [9.17, 15) is 9.59 Å². The first-order chi connectivity index (χ1) is 9.74. The van der Waals surface area contributed by atoms with Crippen molar-refractivity contribution in [3.8, 4) is 0 Å². The van der Waals surface area contributed by atoms with Crippen molar-refractivity contribution < 1.29 is 9.59 Å². The molecule has 2 amide bonds. The zero-order valence-corrected chi connectivity index (χ0v) is 13.7. The van der Waals surface area contributed by atoms with Gasteiger partial charge in [0.25, 0.3) is 0 Å². The van der Waals surface area contributed by atoms with Gasteiger partial charge in [0.2, 0.25) is 11.8 Å². The molecule has 1 aromatic heterocycles. The molecule has 0 bridgehead atoms. The number of aromatic nitrogens is 1. The standard InChI is InChI=1S/C14H18N4O2.2ClH/c19-13-9-18(12-4-6-16-8-11(12)17-13)14(20)2-1-10-3-5-15-7-10;;/h4,6,8,10,15H,1-3,5,7,9H2,(H,17,19);2*1H. The fourth-order valence-corrected chi connectivity index (χ4v) is 2.78. The molecule has 0 spiro atoms. The van der Waals surface area contributed by atoms with Crippen LogP contribution in [0.25, 0.3) is 0 Å². The van der Waals surface area contributed by atoms with Gasteiger partial charge >= 0.3 is 0 Å². The zero-order valence-electron chi connectivity index (χ0n) is 12.1. The number of fused-ring (bicyclic) bond motifs is 1. The smallest absolute Gasteiger partial charge is 0.244 e. The van der Waals surface area contributed by atoms with Gasteiger partial charge in [0.1, 0.15) is 6.54 Å². The summed E-state index contributed by atoms with van der Waals surface area (Å²) in [4.78, 5) is 29.6. The number of pyridine rings is 1. The van der Waals surface area contributed by atoms with E-state index in [4.69, 9.17) is 0 Å². The van der Waals surface area contributed by atoms with E-state index in [1.807, 2.05) is 0 Å². The van der Waals surface area contributed by atoms with Crippen LogP contribution in [0.5, 0.6) is 0 Å². The molecule has 1 saturated heterocycles. The Balaban J connectivity index is 0.00000121. The molecule has 1 aromatic rings. The summed E-state index contributed by atoms with van der Waals surface area (Å²) in [6.07, 6.45) is 5.71. The van der Waals surface area contributed by atoms with Gasteiger partial charge in [0.05, 0.1) is 17.6 Å². The summed E-state index contributed by atoms with van der Waals surface area (Å²) >= 11 is 0. The molecule has 0 saturated carbocycles.